The van der Waals surface area contributed by atoms with Crippen LogP contribution in [0.3, 0.4) is 0 Å². The van der Waals surface area contributed by atoms with E-state index in [4.69, 9.17) is 10.8 Å². The van der Waals surface area contributed by atoms with Gasteiger partial charge in [-0.3, -0.25) is 14.9 Å². The van der Waals surface area contributed by atoms with Crippen LogP contribution in [-0.4, -0.2) is 53.2 Å². The Hall–Kier alpha value is -4.23. The van der Waals surface area contributed by atoms with Crippen LogP contribution in [0.5, 0.6) is 0 Å². The van der Waals surface area contributed by atoms with Crippen molar-refractivity contribution in [1.29, 1.82) is 0 Å². The minimum absolute atomic E-state index is 0.0116. The molecule has 13 heteroatoms. The van der Waals surface area contributed by atoms with Crippen LogP contribution in [-0.2, 0) is 13.6 Å². The molecular weight excluding hydrogens is 548 g/mol. The van der Waals surface area contributed by atoms with E-state index in [0.717, 1.165) is 34.6 Å². The van der Waals surface area contributed by atoms with E-state index in [2.05, 4.69) is 37.1 Å². The molecule has 2 aliphatic rings. The van der Waals surface area contributed by atoms with Crippen molar-refractivity contribution in [3.8, 4) is 11.3 Å². The Morgan fingerprint density at radius 1 is 1.24 bits per heavy atom. The number of urea groups is 1. The Kier molecular flexibility index (Phi) is 7.22. The van der Waals surface area contributed by atoms with Crippen molar-refractivity contribution in [2.24, 2.45) is 24.6 Å². The third-order valence-corrected chi connectivity index (χ3v) is 8.41. The summed E-state index contributed by atoms with van der Waals surface area (Å²) in [5.41, 5.74) is 10.3. The largest absolute Gasteiger partial charge is 0.351 e. The van der Waals surface area contributed by atoms with E-state index in [1.807, 2.05) is 31.6 Å². The molecule has 1 aliphatic carbocycles. The summed E-state index contributed by atoms with van der Waals surface area (Å²) in [4.78, 5) is 14.1. The minimum atomic E-state index is -0.848. The van der Waals surface area contributed by atoms with Gasteiger partial charge in [-0.05, 0) is 60.5 Å². The lowest BCUT2D eigenvalue weighted by molar-refractivity contribution is 0.259. The second kappa shape index (κ2) is 11.0. The number of amides is 2. The molecule has 0 spiro atoms. The van der Waals surface area contributed by atoms with E-state index in [0.29, 0.717) is 31.0 Å². The highest BCUT2D eigenvalue weighted by atomic mass is 32.1. The molecule has 1 aromatic carbocycles. The van der Waals surface area contributed by atoms with E-state index >= 15 is 0 Å². The summed E-state index contributed by atoms with van der Waals surface area (Å²) in [6.45, 7) is 4.01. The number of nitrogens with two attached hydrogens (primary N) is 1. The molecule has 3 aromatic heterocycles. The summed E-state index contributed by atoms with van der Waals surface area (Å²) < 4.78 is 35.4. The van der Waals surface area contributed by atoms with Crippen LogP contribution in [0.15, 0.2) is 54.2 Å². The number of benzene rings is 1. The highest BCUT2D eigenvalue weighted by Crippen LogP contribution is 2.42. The Balaban J connectivity index is 1.28. The van der Waals surface area contributed by atoms with Crippen molar-refractivity contribution in [2.45, 2.75) is 25.8 Å². The number of halogens is 2. The van der Waals surface area contributed by atoms with Crippen LogP contribution in [0, 0.1) is 30.4 Å². The average molecular weight is 578 g/mol. The molecular formula is C28H29F2N9OS. The van der Waals surface area contributed by atoms with Gasteiger partial charge in [0.1, 0.15) is 11.5 Å². The number of hydrogen-bond donors (Lipinski definition) is 2. The summed E-state index contributed by atoms with van der Waals surface area (Å²) in [7, 11) is 1.83. The molecule has 1 unspecified atom stereocenters. The van der Waals surface area contributed by atoms with Gasteiger partial charge in [0.25, 0.3) is 0 Å². The summed E-state index contributed by atoms with van der Waals surface area (Å²) >= 11 is 1.31. The number of aromatic nitrogens is 6. The average Bonchev–Trinajstić information content (AvgIpc) is 3.75. The summed E-state index contributed by atoms with van der Waals surface area (Å²) in [5.74, 6) is -0.865. The lowest BCUT2D eigenvalue weighted by Gasteiger charge is -2.27. The highest BCUT2D eigenvalue weighted by molar-refractivity contribution is 7.03. The maximum absolute atomic E-state index is 14.2. The predicted molar refractivity (Wildman–Crippen MR) is 152 cm³/mol. The number of anilines is 1. The van der Waals surface area contributed by atoms with Crippen molar-refractivity contribution in [3.63, 3.8) is 0 Å². The molecule has 10 nitrogen and oxygen atoms in total. The second-order valence-corrected chi connectivity index (χ2v) is 11.2. The van der Waals surface area contributed by atoms with Gasteiger partial charge in [-0.1, -0.05) is 22.7 Å². The monoisotopic (exact) mass is 577 g/mol. The molecule has 0 saturated carbocycles. The Bertz CT molecular complexity index is 1640. The first-order valence-electron chi connectivity index (χ1n) is 13.2. The number of hydrogen-bond acceptors (Lipinski definition) is 7. The minimum Gasteiger partial charge on any atom is -0.351 e. The van der Waals surface area contributed by atoms with Gasteiger partial charge in [-0.2, -0.15) is 10.2 Å². The fourth-order valence-corrected chi connectivity index (χ4v) is 6.36. The van der Waals surface area contributed by atoms with Crippen molar-refractivity contribution >= 4 is 29.1 Å². The van der Waals surface area contributed by atoms with Gasteiger partial charge >= 0.3 is 6.03 Å². The number of allylic oxidation sites excluding steroid dienone is 4. The normalized spacial score (nSPS) is 20.9. The number of nitrogens with zero attached hydrogens (tertiary/aromatic N) is 7. The quantitative estimate of drug-likeness (QED) is 0.333. The molecule has 4 aromatic rings. The molecule has 41 heavy (non-hydrogen) atoms. The molecule has 3 atom stereocenters. The van der Waals surface area contributed by atoms with Crippen LogP contribution < -0.4 is 11.1 Å². The number of likely N-dealkylation sites (tertiary alicyclic amines) is 1. The first kappa shape index (κ1) is 27.0. The summed E-state index contributed by atoms with van der Waals surface area (Å²) in [6.07, 6.45) is 10.5. The van der Waals surface area contributed by atoms with Crippen molar-refractivity contribution < 1.29 is 13.6 Å². The Morgan fingerprint density at radius 3 is 2.76 bits per heavy atom. The molecule has 1 fully saturated rings. The van der Waals surface area contributed by atoms with Crippen molar-refractivity contribution in [2.75, 3.05) is 18.4 Å². The zero-order valence-corrected chi connectivity index (χ0v) is 23.4. The zero-order chi connectivity index (χ0) is 28.7. The maximum Gasteiger partial charge on any atom is 0.317 e. The second-order valence-electron chi connectivity index (χ2n) is 10.5. The molecule has 3 N–H and O–H groups in total. The smallest absolute Gasteiger partial charge is 0.317 e. The SMILES string of the molecule is Cc1c(-c2cnn(C)c2)nn(C2=CCC([C@@H]3CN(Cc4csnn4)C[C@H]3c3ccc(F)c(F)c3)C=C2)c1NC(N)=O. The first-order valence-corrected chi connectivity index (χ1v) is 14.1. The topological polar surface area (TPSA) is 120 Å². The highest BCUT2D eigenvalue weighted by Gasteiger charge is 2.38. The van der Waals surface area contributed by atoms with Gasteiger partial charge in [-0.15, -0.1) is 5.10 Å². The third-order valence-electron chi connectivity index (χ3n) is 7.85. The molecule has 0 bridgehead atoms. The van der Waals surface area contributed by atoms with Gasteiger partial charge in [-0.25, -0.2) is 18.3 Å². The number of carbonyl (C=O) groups excluding carboxylic acids is 1. The van der Waals surface area contributed by atoms with E-state index in [1.165, 1.54) is 23.7 Å². The van der Waals surface area contributed by atoms with Crippen LogP contribution in [0.1, 0.15) is 29.2 Å². The van der Waals surface area contributed by atoms with E-state index < -0.39 is 17.7 Å². The first-order chi connectivity index (χ1) is 19.8. The van der Waals surface area contributed by atoms with E-state index in [-0.39, 0.29) is 17.8 Å². The van der Waals surface area contributed by atoms with Crippen LogP contribution in [0.4, 0.5) is 19.4 Å². The Labute approximate surface area is 239 Å². The predicted octanol–water partition coefficient (Wildman–Crippen LogP) is 4.55. The lowest BCUT2D eigenvalue weighted by atomic mass is 9.77. The molecule has 1 aliphatic heterocycles. The van der Waals surface area contributed by atoms with E-state index in [9.17, 15) is 13.6 Å². The number of rotatable bonds is 7. The zero-order valence-electron chi connectivity index (χ0n) is 22.5. The number of nitrogens with one attached hydrogen (secondary N) is 1. The number of aryl methyl sites for hydroxylation is 1. The fraction of sp³-hybridized carbons (Fsp3) is 0.321. The molecule has 1 saturated heterocycles. The van der Waals surface area contributed by atoms with Gasteiger partial charge in [0, 0.05) is 55.3 Å². The standard InChI is InChI=1S/C28H29F2N9OS/c1-16-26(19-10-32-37(2)11-19)35-39(27(16)33-28(31)40)21-6-3-17(4-7-21)22-13-38(12-20-15-41-36-34-20)14-23(22)18-5-8-24(29)25(30)9-18/h3,5-11,15,17,22-23H,4,12-14H2,1-2H3,(H3,31,33,40)/t17?,22-,23-/m0/s1. The number of primary amides is 1. The third kappa shape index (κ3) is 5.42. The van der Waals surface area contributed by atoms with Gasteiger partial charge in [0.2, 0.25) is 0 Å². The van der Waals surface area contributed by atoms with E-state index in [1.54, 1.807) is 21.6 Å². The molecule has 212 valence electrons. The van der Waals surface area contributed by atoms with Gasteiger partial charge in [0.15, 0.2) is 11.6 Å². The van der Waals surface area contributed by atoms with Crippen LogP contribution >= 0.6 is 11.5 Å². The maximum atomic E-state index is 14.2. The Morgan fingerprint density at radius 2 is 2.10 bits per heavy atom. The lowest BCUT2D eigenvalue weighted by Crippen LogP contribution is -2.24. The molecule has 4 heterocycles. The van der Waals surface area contributed by atoms with Crippen molar-refractivity contribution in [1.82, 2.24) is 34.0 Å². The summed E-state index contributed by atoms with van der Waals surface area (Å²) in [6, 6.07) is 3.53. The molecule has 0 radical (unpaired) electrons. The summed E-state index contributed by atoms with van der Waals surface area (Å²) in [5, 5.41) is 17.9. The van der Waals surface area contributed by atoms with Gasteiger partial charge in [0.05, 0.1) is 17.6 Å². The van der Waals surface area contributed by atoms with Crippen LogP contribution in [0.25, 0.3) is 17.0 Å². The molecule has 2 amide bonds. The van der Waals surface area contributed by atoms with Gasteiger partial charge < -0.3 is 5.73 Å². The van der Waals surface area contributed by atoms with Crippen LogP contribution in [0.2, 0.25) is 0 Å². The number of carbonyl (C=O) groups is 1. The van der Waals surface area contributed by atoms with Crippen molar-refractivity contribution in [3.05, 3.63) is 82.7 Å². The molecule has 6 rings (SSSR count). The fourth-order valence-electron chi connectivity index (χ4n) is 5.92.